The molecule has 0 bridgehead atoms. The summed E-state index contributed by atoms with van der Waals surface area (Å²) in [4.78, 5) is 23.6. The Morgan fingerprint density at radius 3 is 2.13 bits per heavy atom. The van der Waals surface area contributed by atoms with Crippen molar-refractivity contribution >= 4 is 11.9 Å². The summed E-state index contributed by atoms with van der Waals surface area (Å²) in [5, 5.41) is 0. The zero-order valence-corrected chi connectivity index (χ0v) is 12.4. The van der Waals surface area contributed by atoms with E-state index in [-0.39, 0.29) is 0 Å². The molecule has 0 unspecified atom stereocenters. The minimum atomic E-state index is -5.12. The number of carbonyl (C=O) groups excluding carboxylic acids is 2. The van der Waals surface area contributed by atoms with Crippen LogP contribution < -0.4 is 0 Å². The van der Waals surface area contributed by atoms with Gasteiger partial charge in [-0.25, -0.2) is 9.59 Å². The molecular formula is C15H15F3O5. The Morgan fingerprint density at radius 1 is 1.17 bits per heavy atom. The Kier molecular flexibility index (Phi) is 5.91. The summed E-state index contributed by atoms with van der Waals surface area (Å²) in [7, 11) is 1.72. The van der Waals surface area contributed by atoms with E-state index in [9.17, 15) is 22.8 Å². The molecule has 0 N–H and O–H groups in total. The Bertz CT molecular complexity index is 570. The Morgan fingerprint density at radius 2 is 1.74 bits per heavy atom. The average Bonchev–Trinajstić information content (AvgIpc) is 2.52. The highest BCUT2D eigenvalue weighted by Gasteiger charge is 2.64. The highest BCUT2D eigenvalue weighted by molar-refractivity contribution is 5.86. The van der Waals surface area contributed by atoms with Gasteiger partial charge in [0.1, 0.15) is 0 Å². The van der Waals surface area contributed by atoms with Crippen LogP contribution in [0.2, 0.25) is 0 Å². The number of halogens is 3. The van der Waals surface area contributed by atoms with Gasteiger partial charge in [0, 0.05) is 12.7 Å². The monoisotopic (exact) mass is 332 g/mol. The van der Waals surface area contributed by atoms with Gasteiger partial charge < -0.3 is 14.2 Å². The first-order valence-electron chi connectivity index (χ1n) is 6.33. The Hall–Kier alpha value is -2.35. The molecule has 0 radical (unpaired) electrons. The molecule has 0 fully saturated rings. The maximum Gasteiger partial charge on any atom is 0.432 e. The number of methoxy groups -OCH3 is 2. The molecule has 8 heteroatoms. The number of benzene rings is 1. The van der Waals surface area contributed by atoms with E-state index >= 15 is 0 Å². The molecule has 0 heterocycles. The van der Waals surface area contributed by atoms with E-state index in [0.29, 0.717) is 0 Å². The molecule has 0 saturated carbocycles. The highest BCUT2D eigenvalue weighted by Crippen LogP contribution is 2.43. The molecule has 5 nitrogen and oxygen atoms in total. The minimum absolute atomic E-state index is 0.479. The van der Waals surface area contributed by atoms with Crippen LogP contribution in [0.5, 0.6) is 0 Å². The van der Waals surface area contributed by atoms with Gasteiger partial charge in [0.2, 0.25) is 6.10 Å². The summed E-state index contributed by atoms with van der Waals surface area (Å²) < 4.78 is 54.2. The molecule has 0 aliphatic heterocycles. The van der Waals surface area contributed by atoms with Crippen molar-refractivity contribution in [3.05, 3.63) is 48.6 Å². The van der Waals surface area contributed by atoms with E-state index in [2.05, 4.69) is 20.8 Å². The topological polar surface area (TPSA) is 61.8 Å². The number of alkyl halides is 3. The predicted molar refractivity (Wildman–Crippen MR) is 73.3 cm³/mol. The smallest absolute Gasteiger partial charge is 0.432 e. The van der Waals surface area contributed by atoms with E-state index in [1.807, 2.05) is 0 Å². The molecule has 23 heavy (non-hydrogen) atoms. The van der Waals surface area contributed by atoms with Crippen LogP contribution in [-0.2, 0) is 29.4 Å². The lowest BCUT2D eigenvalue weighted by atomic mass is 9.92. The zero-order chi connectivity index (χ0) is 17.7. The van der Waals surface area contributed by atoms with Crippen LogP contribution in [0, 0.1) is 0 Å². The molecule has 126 valence electrons. The average molecular weight is 332 g/mol. The van der Waals surface area contributed by atoms with Crippen molar-refractivity contribution in [1.82, 2.24) is 0 Å². The quantitative estimate of drug-likeness (QED) is 0.591. The first kappa shape index (κ1) is 18.7. The second-order valence-electron chi connectivity index (χ2n) is 4.33. The van der Waals surface area contributed by atoms with E-state index in [1.165, 1.54) is 18.2 Å². The van der Waals surface area contributed by atoms with Crippen molar-refractivity contribution in [2.75, 3.05) is 14.2 Å². The molecule has 0 saturated heterocycles. The van der Waals surface area contributed by atoms with Gasteiger partial charge in [-0.05, 0) is 6.08 Å². The highest BCUT2D eigenvalue weighted by atomic mass is 19.4. The first-order valence-corrected chi connectivity index (χ1v) is 6.33. The molecular weight excluding hydrogens is 317 g/mol. The van der Waals surface area contributed by atoms with E-state index in [1.54, 1.807) is 0 Å². The number of rotatable bonds is 6. The van der Waals surface area contributed by atoms with Crippen LogP contribution in [0.4, 0.5) is 13.2 Å². The maximum atomic E-state index is 13.6. The van der Waals surface area contributed by atoms with Crippen molar-refractivity contribution < 1.29 is 37.0 Å². The molecule has 0 aromatic heterocycles. The van der Waals surface area contributed by atoms with E-state index in [0.717, 1.165) is 32.4 Å². The zero-order valence-electron chi connectivity index (χ0n) is 12.4. The lowest BCUT2D eigenvalue weighted by molar-refractivity contribution is -0.277. The fraction of sp³-hybridized carbons (Fsp3) is 0.333. The fourth-order valence-corrected chi connectivity index (χ4v) is 1.89. The van der Waals surface area contributed by atoms with Gasteiger partial charge in [-0.15, -0.1) is 0 Å². The third-order valence-corrected chi connectivity index (χ3v) is 3.05. The summed E-state index contributed by atoms with van der Waals surface area (Å²) in [5.74, 6) is -2.86. The summed E-state index contributed by atoms with van der Waals surface area (Å²) >= 11 is 0. The number of hydrogen-bond acceptors (Lipinski definition) is 5. The molecule has 1 rings (SSSR count). The van der Waals surface area contributed by atoms with Gasteiger partial charge in [-0.1, -0.05) is 36.9 Å². The molecule has 0 amide bonds. The lowest BCUT2D eigenvalue weighted by Gasteiger charge is -2.33. The minimum Gasteiger partial charge on any atom is -0.466 e. The van der Waals surface area contributed by atoms with Crippen molar-refractivity contribution in [2.24, 2.45) is 0 Å². The van der Waals surface area contributed by atoms with Crippen LogP contribution in [0.25, 0.3) is 0 Å². The summed E-state index contributed by atoms with van der Waals surface area (Å²) in [5.41, 5.74) is -3.85. The van der Waals surface area contributed by atoms with Gasteiger partial charge >= 0.3 is 18.1 Å². The second kappa shape index (κ2) is 7.28. The van der Waals surface area contributed by atoms with Crippen LogP contribution in [0.15, 0.2) is 43.0 Å². The standard InChI is InChI=1S/C15H15F3O5/c1-4-11(12(19)21-2)23-13(20)14(22-3,15(16,17)18)10-8-6-5-7-9-10/h4-9,11H,1H2,2-3H3/t11-,14+/m0/s1. The van der Waals surface area contributed by atoms with E-state index < -0.39 is 35.4 Å². The summed E-state index contributed by atoms with van der Waals surface area (Å²) in [6.45, 7) is 3.23. The molecule has 0 aliphatic rings. The molecule has 0 spiro atoms. The summed E-state index contributed by atoms with van der Waals surface area (Å²) in [6, 6.07) is 6.24. The maximum absolute atomic E-state index is 13.6. The van der Waals surface area contributed by atoms with Crippen molar-refractivity contribution in [3.63, 3.8) is 0 Å². The third kappa shape index (κ3) is 3.53. The van der Waals surface area contributed by atoms with Crippen molar-refractivity contribution in [1.29, 1.82) is 0 Å². The lowest BCUT2D eigenvalue weighted by Crippen LogP contribution is -2.53. The normalized spacial score (nSPS) is 15.2. The third-order valence-electron chi connectivity index (χ3n) is 3.05. The van der Waals surface area contributed by atoms with E-state index in [4.69, 9.17) is 0 Å². The van der Waals surface area contributed by atoms with Gasteiger partial charge in [0.25, 0.3) is 5.60 Å². The SMILES string of the molecule is C=C[C@H](OC(=O)[C@](OC)(c1ccccc1)C(F)(F)F)C(=O)OC. The molecule has 2 atom stereocenters. The number of esters is 2. The van der Waals surface area contributed by atoms with Gasteiger partial charge in [-0.3, -0.25) is 0 Å². The van der Waals surface area contributed by atoms with Crippen LogP contribution >= 0.6 is 0 Å². The predicted octanol–water partition coefficient (Wildman–Crippen LogP) is 2.36. The Labute approximate surface area is 130 Å². The van der Waals surface area contributed by atoms with Crippen molar-refractivity contribution in [2.45, 2.75) is 17.9 Å². The first-order chi connectivity index (χ1) is 10.7. The summed E-state index contributed by atoms with van der Waals surface area (Å²) in [6.07, 6.45) is -5.96. The Balaban J connectivity index is 3.33. The van der Waals surface area contributed by atoms with Crippen LogP contribution in [-0.4, -0.2) is 38.4 Å². The molecule has 1 aromatic rings. The number of ether oxygens (including phenoxy) is 3. The molecule has 1 aromatic carbocycles. The van der Waals surface area contributed by atoms with Crippen LogP contribution in [0.3, 0.4) is 0 Å². The second-order valence-corrected chi connectivity index (χ2v) is 4.33. The van der Waals surface area contributed by atoms with Gasteiger partial charge in [0.05, 0.1) is 7.11 Å². The van der Waals surface area contributed by atoms with Crippen LogP contribution in [0.1, 0.15) is 5.56 Å². The number of hydrogen-bond donors (Lipinski definition) is 0. The number of carbonyl (C=O) groups is 2. The van der Waals surface area contributed by atoms with Gasteiger partial charge in [-0.2, -0.15) is 13.2 Å². The van der Waals surface area contributed by atoms with Crippen molar-refractivity contribution in [3.8, 4) is 0 Å². The molecule has 0 aliphatic carbocycles. The largest absolute Gasteiger partial charge is 0.466 e. The van der Waals surface area contributed by atoms with Gasteiger partial charge in [0.15, 0.2) is 0 Å². The fourth-order valence-electron chi connectivity index (χ4n) is 1.89.